The number of hydrogen-bond acceptors (Lipinski definition) is 5. The lowest BCUT2D eigenvalue weighted by Gasteiger charge is -2.32. The first-order valence-corrected chi connectivity index (χ1v) is 10.4. The van der Waals surface area contributed by atoms with Crippen LogP contribution in [0.1, 0.15) is 18.7 Å². The van der Waals surface area contributed by atoms with Gasteiger partial charge in [0.2, 0.25) is 10.0 Å². The van der Waals surface area contributed by atoms with Gasteiger partial charge in [-0.1, -0.05) is 12.1 Å². The molecular weight excluding hydrogens is 395 g/mol. The number of sulfonamides is 1. The van der Waals surface area contributed by atoms with Gasteiger partial charge in [0.15, 0.2) is 5.89 Å². The quantitative estimate of drug-likeness (QED) is 0.781. The van der Waals surface area contributed by atoms with Crippen molar-refractivity contribution < 1.29 is 26.0 Å². The normalized spacial score (nSPS) is 17.1. The third-order valence-corrected chi connectivity index (χ3v) is 6.19. The smallest absolute Gasteiger partial charge is 0.401 e. The first kappa shape index (κ1) is 20.8. The number of likely N-dealkylation sites (tertiary alicyclic amines) is 1. The Balaban J connectivity index is 1.53. The molecule has 0 unspecified atom stereocenters. The third-order valence-electron chi connectivity index (χ3n) is 4.75. The van der Waals surface area contributed by atoms with Crippen molar-refractivity contribution in [3.05, 3.63) is 36.4 Å². The zero-order valence-corrected chi connectivity index (χ0v) is 16.2. The molecule has 1 aromatic carbocycles. The molecule has 1 aromatic heterocycles. The second-order valence-electron chi connectivity index (χ2n) is 6.96. The van der Waals surface area contributed by atoms with Crippen molar-refractivity contribution in [2.45, 2.75) is 30.8 Å². The lowest BCUT2D eigenvalue weighted by molar-refractivity contribution is -0.148. The molecule has 0 spiro atoms. The highest BCUT2D eigenvalue weighted by atomic mass is 32.2. The second-order valence-corrected chi connectivity index (χ2v) is 8.73. The molecule has 2 aromatic rings. The molecule has 3 rings (SSSR count). The van der Waals surface area contributed by atoms with Gasteiger partial charge in [0.1, 0.15) is 12.0 Å². The van der Waals surface area contributed by atoms with Crippen LogP contribution in [0.2, 0.25) is 0 Å². The molecule has 0 amide bonds. The van der Waals surface area contributed by atoms with Gasteiger partial charge in [-0.05, 0) is 44.0 Å². The predicted octanol–water partition coefficient (Wildman–Crippen LogP) is 3.20. The highest BCUT2D eigenvalue weighted by Gasteiger charge is 2.32. The molecule has 2 heterocycles. The Morgan fingerprint density at radius 2 is 1.86 bits per heavy atom. The highest BCUT2D eigenvalue weighted by Crippen LogP contribution is 2.23. The van der Waals surface area contributed by atoms with Crippen LogP contribution in [0, 0.1) is 12.8 Å². The highest BCUT2D eigenvalue weighted by molar-refractivity contribution is 7.89. The number of nitrogens with one attached hydrogen (secondary N) is 1. The molecule has 6 nitrogen and oxygen atoms in total. The molecule has 1 aliphatic rings. The van der Waals surface area contributed by atoms with E-state index >= 15 is 0 Å². The van der Waals surface area contributed by atoms with Crippen LogP contribution in [0.15, 0.2) is 39.8 Å². The minimum Gasteiger partial charge on any atom is -0.449 e. The summed E-state index contributed by atoms with van der Waals surface area (Å²) in [6.07, 6.45) is -1.64. The minimum absolute atomic E-state index is 0.0247. The molecule has 0 atom stereocenters. The monoisotopic (exact) mass is 417 g/mol. The van der Waals surface area contributed by atoms with E-state index in [0.29, 0.717) is 37.5 Å². The van der Waals surface area contributed by atoms with Gasteiger partial charge in [0.05, 0.1) is 11.4 Å². The molecule has 1 fully saturated rings. The third kappa shape index (κ3) is 5.55. The number of oxazole rings is 1. The molecule has 154 valence electrons. The number of nitrogens with zero attached hydrogens (tertiary/aromatic N) is 2. The van der Waals surface area contributed by atoms with Crippen LogP contribution in [0.25, 0.3) is 11.3 Å². The lowest BCUT2D eigenvalue weighted by Crippen LogP contribution is -2.42. The van der Waals surface area contributed by atoms with E-state index in [1.165, 1.54) is 23.3 Å². The Hall–Kier alpha value is -1.91. The fourth-order valence-electron chi connectivity index (χ4n) is 3.21. The summed E-state index contributed by atoms with van der Waals surface area (Å²) in [6, 6.07) is 6.30. The van der Waals surface area contributed by atoms with Gasteiger partial charge < -0.3 is 4.42 Å². The van der Waals surface area contributed by atoms with E-state index in [0.717, 1.165) is 5.56 Å². The molecule has 0 aliphatic carbocycles. The van der Waals surface area contributed by atoms with E-state index in [9.17, 15) is 21.6 Å². The standard InChI is InChI=1S/C18H22F3N3O3S/c1-13-23-17(11-27-13)15-2-4-16(5-3-15)28(25,26)22-10-14-6-8-24(9-7-14)12-18(19,20)21/h2-5,11,14,22H,6-10,12H2,1H3. The van der Waals surface area contributed by atoms with Gasteiger partial charge in [-0.25, -0.2) is 18.1 Å². The SMILES string of the molecule is Cc1nc(-c2ccc(S(=O)(=O)NCC3CCN(CC(F)(F)F)CC3)cc2)co1. The molecule has 0 bridgehead atoms. The minimum atomic E-state index is -4.20. The fraction of sp³-hybridized carbons (Fsp3) is 0.500. The number of aryl methyl sites for hydroxylation is 1. The van der Waals surface area contributed by atoms with E-state index in [-0.39, 0.29) is 17.4 Å². The Kier molecular flexibility index (Phi) is 6.11. The Morgan fingerprint density at radius 3 is 2.39 bits per heavy atom. The summed E-state index contributed by atoms with van der Waals surface area (Å²) in [5, 5.41) is 0. The van der Waals surface area contributed by atoms with Crippen LogP contribution in [-0.2, 0) is 10.0 Å². The van der Waals surface area contributed by atoms with Crippen LogP contribution >= 0.6 is 0 Å². The molecule has 0 radical (unpaired) electrons. The molecule has 1 saturated heterocycles. The van der Waals surface area contributed by atoms with Crippen molar-refractivity contribution in [1.29, 1.82) is 0 Å². The summed E-state index contributed by atoms with van der Waals surface area (Å²) in [5.41, 5.74) is 1.37. The number of halogens is 3. The van der Waals surface area contributed by atoms with Crippen molar-refractivity contribution >= 4 is 10.0 Å². The second kappa shape index (κ2) is 8.22. The maximum Gasteiger partial charge on any atom is 0.401 e. The maximum atomic E-state index is 12.5. The van der Waals surface area contributed by atoms with Gasteiger partial charge in [-0.2, -0.15) is 13.2 Å². The zero-order chi connectivity index (χ0) is 20.4. The van der Waals surface area contributed by atoms with Crippen LogP contribution in [0.3, 0.4) is 0 Å². The van der Waals surface area contributed by atoms with E-state index in [4.69, 9.17) is 4.42 Å². The fourth-order valence-corrected chi connectivity index (χ4v) is 4.33. The summed E-state index contributed by atoms with van der Waals surface area (Å²) in [6.45, 7) is 1.66. The van der Waals surface area contributed by atoms with E-state index in [1.54, 1.807) is 19.1 Å². The van der Waals surface area contributed by atoms with Crippen LogP contribution in [-0.4, -0.2) is 50.7 Å². The molecule has 1 N–H and O–H groups in total. The Labute approximate surface area is 161 Å². The molecule has 10 heteroatoms. The van der Waals surface area contributed by atoms with Gasteiger partial charge in [-0.3, -0.25) is 4.90 Å². The van der Waals surface area contributed by atoms with Crippen LogP contribution in [0.4, 0.5) is 13.2 Å². The largest absolute Gasteiger partial charge is 0.449 e. The van der Waals surface area contributed by atoms with Crippen molar-refractivity contribution in [2.75, 3.05) is 26.2 Å². The van der Waals surface area contributed by atoms with Crippen molar-refractivity contribution in [3.8, 4) is 11.3 Å². The summed E-state index contributed by atoms with van der Waals surface area (Å²) >= 11 is 0. The molecule has 0 saturated carbocycles. The van der Waals surface area contributed by atoms with Crippen LogP contribution in [0.5, 0.6) is 0 Å². The average molecular weight is 417 g/mol. The molecular formula is C18H22F3N3O3S. The summed E-state index contributed by atoms with van der Waals surface area (Å²) < 4.78 is 69.9. The summed E-state index contributed by atoms with van der Waals surface area (Å²) in [4.78, 5) is 5.68. The van der Waals surface area contributed by atoms with E-state index < -0.39 is 22.7 Å². The van der Waals surface area contributed by atoms with Crippen molar-refractivity contribution in [2.24, 2.45) is 5.92 Å². The summed E-state index contributed by atoms with van der Waals surface area (Å²) in [5.74, 6) is 0.547. The first-order valence-electron chi connectivity index (χ1n) is 8.94. The van der Waals surface area contributed by atoms with Gasteiger partial charge in [-0.15, -0.1) is 0 Å². The average Bonchev–Trinajstić information content (AvgIpc) is 3.06. The number of aromatic nitrogens is 1. The van der Waals surface area contributed by atoms with Gasteiger partial charge in [0.25, 0.3) is 0 Å². The van der Waals surface area contributed by atoms with Crippen LogP contribution < -0.4 is 4.72 Å². The van der Waals surface area contributed by atoms with E-state index in [1.807, 2.05) is 0 Å². The van der Waals surface area contributed by atoms with Gasteiger partial charge >= 0.3 is 6.18 Å². The Morgan fingerprint density at radius 1 is 1.21 bits per heavy atom. The zero-order valence-electron chi connectivity index (χ0n) is 15.4. The number of rotatable bonds is 6. The van der Waals surface area contributed by atoms with E-state index in [2.05, 4.69) is 9.71 Å². The van der Waals surface area contributed by atoms with Crippen molar-refractivity contribution in [1.82, 2.24) is 14.6 Å². The van der Waals surface area contributed by atoms with Gasteiger partial charge in [0, 0.05) is 19.0 Å². The lowest BCUT2D eigenvalue weighted by atomic mass is 9.97. The number of piperidine rings is 1. The molecule has 28 heavy (non-hydrogen) atoms. The van der Waals surface area contributed by atoms with Crippen molar-refractivity contribution in [3.63, 3.8) is 0 Å². The summed E-state index contributed by atoms with van der Waals surface area (Å²) in [7, 11) is -3.68. The molecule has 1 aliphatic heterocycles. The predicted molar refractivity (Wildman–Crippen MR) is 97.1 cm³/mol. The number of hydrogen-bond donors (Lipinski definition) is 1. The first-order chi connectivity index (χ1) is 13.1. The number of benzene rings is 1. The Bertz CT molecular complexity index is 887. The number of alkyl halides is 3. The topological polar surface area (TPSA) is 75.4 Å². The maximum absolute atomic E-state index is 12.5.